The fourth-order valence-electron chi connectivity index (χ4n) is 1.62. The molecule has 1 N–H and O–H groups in total. The fraction of sp³-hybridized carbons (Fsp3) is 0.889. The van der Waals surface area contributed by atoms with Gasteiger partial charge in [-0.15, -0.1) is 0 Å². The molecule has 0 radical (unpaired) electrons. The summed E-state index contributed by atoms with van der Waals surface area (Å²) in [6, 6.07) is 0. The SMILES string of the molecule is CC1(C)CN(C(=O)CS(C)(=O)=O)CC1O. The summed E-state index contributed by atoms with van der Waals surface area (Å²) in [5.74, 6) is -0.905. The predicted octanol–water partition coefficient (Wildman–Crippen LogP) is -0.740. The van der Waals surface area contributed by atoms with Crippen molar-refractivity contribution in [2.75, 3.05) is 25.1 Å². The molecule has 0 saturated carbocycles. The summed E-state index contributed by atoms with van der Waals surface area (Å²) in [7, 11) is -3.29. The average molecular weight is 235 g/mol. The first kappa shape index (κ1) is 12.4. The largest absolute Gasteiger partial charge is 0.391 e. The molecule has 1 fully saturated rings. The molecule has 1 rings (SSSR count). The van der Waals surface area contributed by atoms with Gasteiger partial charge in [0.05, 0.1) is 6.10 Å². The Morgan fingerprint density at radius 2 is 2.07 bits per heavy atom. The fourth-order valence-corrected chi connectivity index (χ4v) is 2.25. The Morgan fingerprint density at radius 3 is 2.40 bits per heavy atom. The van der Waals surface area contributed by atoms with Crippen molar-refractivity contribution in [1.82, 2.24) is 4.90 Å². The van der Waals surface area contributed by atoms with Gasteiger partial charge in [0.25, 0.3) is 0 Å². The summed E-state index contributed by atoms with van der Waals surface area (Å²) in [4.78, 5) is 12.9. The normalized spacial score (nSPS) is 25.6. The van der Waals surface area contributed by atoms with E-state index >= 15 is 0 Å². The van der Waals surface area contributed by atoms with E-state index in [2.05, 4.69) is 0 Å². The third-order valence-electron chi connectivity index (χ3n) is 2.63. The van der Waals surface area contributed by atoms with Gasteiger partial charge in [-0.2, -0.15) is 0 Å². The van der Waals surface area contributed by atoms with Crippen LogP contribution in [0.2, 0.25) is 0 Å². The second-order valence-electron chi connectivity index (χ2n) is 4.85. The summed E-state index contributed by atoms with van der Waals surface area (Å²) in [5, 5.41) is 9.63. The number of aliphatic hydroxyl groups is 1. The van der Waals surface area contributed by atoms with Gasteiger partial charge in [-0.25, -0.2) is 8.42 Å². The van der Waals surface area contributed by atoms with Crippen molar-refractivity contribution < 1.29 is 18.3 Å². The van der Waals surface area contributed by atoms with Crippen LogP contribution in [0, 0.1) is 5.41 Å². The molecular formula is C9H17NO4S. The molecule has 0 aliphatic carbocycles. The minimum absolute atomic E-state index is 0.224. The minimum atomic E-state index is -3.29. The van der Waals surface area contributed by atoms with Gasteiger partial charge in [0.15, 0.2) is 9.84 Å². The van der Waals surface area contributed by atoms with Gasteiger partial charge in [-0.05, 0) is 0 Å². The molecule has 88 valence electrons. The first-order valence-corrected chi connectivity index (χ1v) is 6.81. The van der Waals surface area contributed by atoms with Crippen LogP contribution in [-0.4, -0.2) is 55.5 Å². The minimum Gasteiger partial charge on any atom is -0.391 e. The molecule has 1 heterocycles. The zero-order valence-corrected chi connectivity index (χ0v) is 10.0. The van der Waals surface area contributed by atoms with Crippen LogP contribution in [0.1, 0.15) is 13.8 Å². The Balaban J connectivity index is 2.66. The zero-order valence-electron chi connectivity index (χ0n) is 9.23. The number of sulfone groups is 1. The van der Waals surface area contributed by atoms with Crippen LogP contribution in [0.4, 0.5) is 0 Å². The zero-order chi connectivity index (χ0) is 11.9. The highest BCUT2D eigenvalue weighted by atomic mass is 32.2. The second-order valence-corrected chi connectivity index (χ2v) is 6.99. The lowest BCUT2D eigenvalue weighted by Gasteiger charge is -2.20. The van der Waals surface area contributed by atoms with Crippen molar-refractivity contribution >= 4 is 15.7 Å². The van der Waals surface area contributed by atoms with Crippen molar-refractivity contribution in [2.45, 2.75) is 20.0 Å². The number of rotatable bonds is 2. The van der Waals surface area contributed by atoms with Gasteiger partial charge >= 0.3 is 0 Å². The lowest BCUT2D eigenvalue weighted by molar-refractivity contribution is -0.127. The number of hydrogen-bond donors (Lipinski definition) is 1. The Hall–Kier alpha value is -0.620. The monoisotopic (exact) mass is 235 g/mol. The topological polar surface area (TPSA) is 74.7 Å². The number of aliphatic hydroxyl groups excluding tert-OH is 1. The summed E-state index contributed by atoms with van der Waals surface area (Å²) >= 11 is 0. The van der Waals surface area contributed by atoms with Crippen LogP contribution in [0.3, 0.4) is 0 Å². The van der Waals surface area contributed by atoms with Crippen LogP contribution in [-0.2, 0) is 14.6 Å². The van der Waals surface area contributed by atoms with Crippen LogP contribution < -0.4 is 0 Å². The highest BCUT2D eigenvalue weighted by Crippen LogP contribution is 2.29. The predicted molar refractivity (Wildman–Crippen MR) is 56.1 cm³/mol. The standard InChI is InChI=1S/C9H17NO4S/c1-9(2)6-10(4-7(9)11)8(12)5-15(3,13)14/h7,11H,4-6H2,1-3H3. The van der Waals surface area contributed by atoms with Crippen LogP contribution in [0.25, 0.3) is 0 Å². The van der Waals surface area contributed by atoms with E-state index in [0.717, 1.165) is 6.26 Å². The summed E-state index contributed by atoms with van der Waals surface area (Å²) < 4.78 is 21.9. The first-order valence-electron chi connectivity index (χ1n) is 4.75. The molecule has 0 aromatic carbocycles. The van der Waals surface area contributed by atoms with E-state index in [9.17, 15) is 18.3 Å². The van der Waals surface area contributed by atoms with Gasteiger partial charge in [0, 0.05) is 24.8 Å². The van der Waals surface area contributed by atoms with E-state index < -0.39 is 27.6 Å². The molecule has 0 aromatic heterocycles. The first-order chi connectivity index (χ1) is 6.62. The van der Waals surface area contributed by atoms with Crippen molar-refractivity contribution in [3.05, 3.63) is 0 Å². The number of β-amino-alcohol motifs (C(OH)–C–C–N with tert-alkyl or cyclic N) is 1. The number of nitrogens with zero attached hydrogens (tertiary/aromatic N) is 1. The Labute approximate surface area is 90.0 Å². The molecule has 5 nitrogen and oxygen atoms in total. The molecule has 0 bridgehead atoms. The maximum Gasteiger partial charge on any atom is 0.237 e. The molecule has 1 unspecified atom stereocenters. The quantitative estimate of drug-likeness (QED) is 0.684. The highest BCUT2D eigenvalue weighted by Gasteiger charge is 2.40. The average Bonchev–Trinajstić information content (AvgIpc) is 2.23. The molecule has 15 heavy (non-hydrogen) atoms. The Bertz CT molecular complexity index is 360. The van der Waals surface area contributed by atoms with Gasteiger partial charge in [0.1, 0.15) is 5.75 Å². The van der Waals surface area contributed by atoms with Crippen molar-refractivity contribution in [1.29, 1.82) is 0 Å². The summed E-state index contributed by atoms with van der Waals surface area (Å²) in [5.41, 5.74) is -0.354. The molecule has 0 aromatic rings. The summed E-state index contributed by atoms with van der Waals surface area (Å²) in [6.45, 7) is 4.33. The number of amides is 1. The molecule has 6 heteroatoms. The third-order valence-corrected chi connectivity index (χ3v) is 3.40. The van der Waals surface area contributed by atoms with Crippen LogP contribution >= 0.6 is 0 Å². The van der Waals surface area contributed by atoms with E-state index in [1.165, 1.54) is 4.90 Å². The van der Waals surface area contributed by atoms with Crippen molar-refractivity contribution in [3.63, 3.8) is 0 Å². The molecule has 1 atom stereocenters. The number of likely N-dealkylation sites (tertiary alicyclic amines) is 1. The Kier molecular flexibility index (Phi) is 3.11. The maximum atomic E-state index is 11.5. The summed E-state index contributed by atoms with van der Waals surface area (Å²) in [6.07, 6.45) is 0.448. The van der Waals surface area contributed by atoms with Crippen LogP contribution in [0.5, 0.6) is 0 Å². The second kappa shape index (κ2) is 3.75. The van der Waals surface area contributed by atoms with E-state index in [4.69, 9.17) is 0 Å². The van der Waals surface area contributed by atoms with E-state index in [0.29, 0.717) is 6.54 Å². The van der Waals surface area contributed by atoms with Gasteiger partial charge in [-0.1, -0.05) is 13.8 Å². The van der Waals surface area contributed by atoms with Gasteiger partial charge in [0.2, 0.25) is 5.91 Å². The van der Waals surface area contributed by atoms with Gasteiger partial charge in [-0.3, -0.25) is 4.79 Å². The van der Waals surface area contributed by atoms with E-state index in [1.54, 1.807) is 0 Å². The lowest BCUT2D eigenvalue weighted by Crippen LogP contribution is -2.34. The highest BCUT2D eigenvalue weighted by molar-refractivity contribution is 7.91. The lowest BCUT2D eigenvalue weighted by atomic mass is 9.90. The van der Waals surface area contributed by atoms with Crippen LogP contribution in [0.15, 0.2) is 0 Å². The number of carbonyl (C=O) groups excluding carboxylic acids is 1. The third kappa shape index (κ3) is 3.17. The molecule has 0 spiro atoms. The van der Waals surface area contributed by atoms with Crippen molar-refractivity contribution in [3.8, 4) is 0 Å². The van der Waals surface area contributed by atoms with Crippen molar-refractivity contribution in [2.24, 2.45) is 5.41 Å². The smallest absolute Gasteiger partial charge is 0.237 e. The molecule has 1 saturated heterocycles. The molecule has 1 amide bonds. The number of carbonyl (C=O) groups is 1. The molecular weight excluding hydrogens is 218 g/mol. The van der Waals surface area contributed by atoms with Gasteiger partial charge < -0.3 is 10.0 Å². The number of hydrogen-bond acceptors (Lipinski definition) is 4. The van der Waals surface area contributed by atoms with E-state index in [1.807, 2.05) is 13.8 Å². The molecule has 1 aliphatic heterocycles. The Morgan fingerprint density at radius 1 is 1.53 bits per heavy atom. The molecule has 1 aliphatic rings. The maximum absolute atomic E-state index is 11.5. The van der Waals surface area contributed by atoms with E-state index in [-0.39, 0.29) is 12.0 Å².